The summed E-state index contributed by atoms with van der Waals surface area (Å²) in [7, 11) is -4.35. The maximum Gasteiger partial charge on any atom is 0.306 e. The summed E-state index contributed by atoms with van der Waals surface area (Å²) in [6.45, 7) is 1.29. The number of carbonyl (C=O) groups excluding carboxylic acids is 2. The van der Waals surface area contributed by atoms with Gasteiger partial charge in [-0.3, -0.25) is 14.1 Å². The van der Waals surface area contributed by atoms with Crippen LogP contribution in [0.1, 0.15) is 30.4 Å². The maximum absolute atomic E-state index is 12.2. The lowest BCUT2D eigenvalue weighted by molar-refractivity contribution is -0.146. The molecule has 27 heavy (non-hydrogen) atoms. The molecule has 2 aromatic rings. The highest BCUT2D eigenvalue weighted by Gasteiger charge is 2.30. The largest absolute Gasteiger partial charge is 0.465 e. The van der Waals surface area contributed by atoms with Crippen molar-refractivity contribution >= 4 is 21.9 Å². The van der Waals surface area contributed by atoms with Crippen molar-refractivity contribution in [3.05, 3.63) is 59.7 Å². The van der Waals surface area contributed by atoms with E-state index in [0.717, 1.165) is 22.3 Å². The summed E-state index contributed by atoms with van der Waals surface area (Å²) < 4.78 is 36.3. The molecule has 0 unspecified atom stereocenters. The van der Waals surface area contributed by atoms with Crippen LogP contribution in [0.25, 0.3) is 11.1 Å². The first-order valence-electron chi connectivity index (χ1n) is 8.55. The van der Waals surface area contributed by atoms with Crippen LogP contribution in [-0.2, 0) is 24.4 Å². The van der Waals surface area contributed by atoms with Crippen molar-refractivity contribution in [1.29, 1.82) is 0 Å². The van der Waals surface area contributed by atoms with Gasteiger partial charge in [-0.05, 0) is 29.2 Å². The molecule has 0 aromatic heterocycles. The fraction of sp³-hybridized carbons (Fsp3) is 0.300. The first kappa shape index (κ1) is 19.3. The zero-order valence-electron chi connectivity index (χ0n) is 14.8. The minimum Gasteiger partial charge on any atom is -0.465 e. The number of hydrogen-bond donors (Lipinski definition) is 1. The number of fused-ring (bicyclic) bond motifs is 3. The van der Waals surface area contributed by atoms with Gasteiger partial charge in [0.15, 0.2) is 0 Å². The van der Waals surface area contributed by atoms with Crippen molar-refractivity contribution in [2.45, 2.75) is 19.3 Å². The number of rotatable bonds is 7. The van der Waals surface area contributed by atoms with Crippen LogP contribution >= 0.6 is 0 Å². The van der Waals surface area contributed by atoms with Crippen molar-refractivity contribution in [3.63, 3.8) is 0 Å². The van der Waals surface area contributed by atoms with Gasteiger partial charge < -0.3 is 4.74 Å². The number of benzene rings is 2. The molecule has 7 heteroatoms. The van der Waals surface area contributed by atoms with Gasteiger partial charge in [0.25, 0.3) is 10.1 Å². The Morgan fingerprint density at radius 1 is 1.04 bits per heavy atom. The summed E-state index contributed by atoms with van der Waals surface area (Å²) in [6, 6.07) is 15.8. The molecule has 0 fully saturated rings. The molecular formula is C20H20O6S. The predicted molar refractivity (Wildman–Crippen MR) is 99.9 cm³/mol. The van der Waals surface area contributed by atoms with Gasteiger partial charge in [0.1, 0.15) is 12.4 Å². The van der Waals surface area contributed by atoms with Gasteiger partial charge in [0, 0.05) is 11.8 Å². The normalized spacial score (nSPS) is 14.3. The van der Waals surface area contributed by atoms with Crippen molar-refractivity contribution in [2.75, 3.05) is 12.4 Å². The van der Waals surface area contributed by atoms with Crippen molar-refractivity contribution in [1.82, 2.24) is 0 Å². The highest BCUT2D eigenvalue weighted by Crippen LogP contribution is 2.44. The van der Waals surface area contributed by atoms with Crippen LogP contribution in [0.2, 0.25) is 0 Å². The van der Waals surface area contributed by atoms with Gasteiger partial charge in [-0.2, -0.15) is 8.42 Å². The molecule has 0 bridgehead atoms. The lowest BCUT2D eigenvalue weighted by Gasteiger charge is -2.16. The fourth-order valence-electron chi connectivity index (χ4n) is 3.45. The van der Waals surface area contributed by atoms with Crippen molar-refractivity contribution in [2.24, 2.45) is 5.92 Å². The molecule has 0 radical (unpaired) electrons. The first-order valence-corrected chi connectivity index (χ1v) is 10.2. The van der Waals surface area contributed by atoms with Crippen LogP contribution in [0.3, 0.4) is 0 Å². The van der Waals surface area contributed by atoms with Crippen LogP contribution in [0.15, 0.2) is 48.5 Å². The maximum atomic E-state index is 12.2. The smallest absolute Gasteiger partial charge is 0.306 e. The second-order valence-corrected chi connectivity index (χ2v) is 8.17. The average Bonchev–Trinajstić information content (AvgIpc) is 2.92. The molecule has 1 N–H and O–H groups in total. The molecule has 142 valence electrons. The minimum absolute atomic E-state index is 0.101. The molecule has 3 rings (SSSR count). The number of ether oxygens (including phenoxy) is 1. The van der Waals surface area contributed by atoms with E-state index in [1.807, 2.05) is 48.5 Å². The van der Waals surface area contributed by atoms with E-state index in [9.17, 15) is 18.0 Å². The van der Waals surface area contributed by atoms with E-state index in [1.54, 1.807) is 0 Å². The Bertz CT molecular complexity index is 934. The third-order valence-electron chi connectivity index (χ3n) is 4.77. The quantitative estimate of drug-likeness (QED) is 0.579. The predicted octanol–water partition coefficient (Wildman–Crippen LogP) is 2.83. The molecule has 0 spiro atoms. The lowest BCUT2D eigenvalue weighted by Crippen LogP contribution is -2.26. The Morgan fingerprint density at radius 3 is 2.04 bits per heavy atom. The number of carbonyl (C=O) groups is 2. The summed E-state index contributed by atoms with van der Waals surface area (Å²) >= 11 is 0. The molecule has 1 aliphatic carbocycles. The van der Waals surface area contributed by atoms with Crippen LogP contribution in [0.5, 0.6) is 0 Å². The molecular weight excluding hydrogens is 368 g/mol. The van der Waals surface area contributed by atoms with E-state index in [-0.39, 0.29) is 18.9 Å². The van der Waals surface area contributed by atoms with E-state index in [2.05, 4.69) is 0 Å². The highest BCUT2D eigenvalue weighted by molar-refractivity contribution is 7.85. The summed E-state index contributed by atoms with van der Waals surface area (Å²) in [5, 5.41) is 0. The molecule has 2 aromatic carbocycles. The molecule has 0 heterocycles. The van der Waals surface area contributed by atoms with Gasteiger partial charge >= 0.3 is 5.97 Å². The van der Waals surface area contributed by atoms with E-state index < -0.39 is 33.5 Å². The monoisotopic (exact) mass is 388 g/mol. The highest BCUT2D eigenvalue weighted by atomic mass is 32.2. The van der Waals surface area contributed by atoms with Crippen LogP contribution < -0.4 is 0 Å². The van der Waals surface area contributed by atoms with Crippen LogP contribution in [0.4, 0.5) is 0 Å². The molecule has 0 amide bonds. The summed E-state index contributed by atoms with van der Waals surface area (Å²) in [5.41, 5.74) is 4.32. The van der Waals surface area contributed by atoms with Crippen LogP contribution in [-0.4, -0.2) is 37.1 Å². The Kier molecular flexibility index (Phi) is 5.43. The van der Waals surface area contributed by atoms with Gasteiger partial charge in [-0.15, -0.1) is 0 Å². The second kappa shape index (κ2) is 7.62. The number of esters is 1. The van der Waals surface area contributed by atoms with E-state index in [1.165, 1.54) is 6.92 Å². The third-order valence-corrected chi connectivity index (χ3v) is 5.60. The van der Waals surface area contributed by atoms with Crippen molar-refractivity contribution < 1.29 is 27.3 Å². The van der Waals surface area contributed by atoms with E-state index in [0.29, 0.717) is 0 Å². The van der Waals surface area contributed by atoms with E-state index >= 15 is 0 Å². The zero-order chi connectivity index (χ0) is 19.6. The van der Waals surface area contributed by atoms with Gasteiger partial charge in [-0.1, -0.05) is 48.5 Å². The minimum atomic E-state index is -4.35. The summed E-state index contributed by atoms with van der Waals surface area (Å²) in [6.07, 6.45) is -0.384. The summed E-state index contributed by atoms with van der Waals surface area (Å²) in [4.78, 5) is 23.7. The van der Waals surface area contributed by atoms with Gasteiger partial charge in [0.2, 0.25) is 0 Å². The van der Waals surface area contributed by atoms with Gasteiger partial charge in [0.05, 0.1) is 12.2 Å². The Balaban J connectivity index is 1.71. The Morgan fingerprint density at radius 2 is 1.56 bits per heavy atom. The molecule has 0 saturated heterocycles. The van der Waals surface area contributed by atoms with Crippen LogP contribution in [0, 0.1) is 5.92 Å². The molecule has 6 nitrogen and oxygen atoms in total. The SMILES string of the molecule is CC(=O)[C@@H](CC(=O)OCC1c2ccccc2-c2ccccc21)CS(=O)(=O)O. The third kappa shape index (κ3) is 4.43. The molecule has 1 atom stereocenters. The molecule has 1 aliphatic rings. The number of Topliss-reactive ketones (excluding diaryl/α,β-unsaturated/α-hetero) is 1. The zero-order valence-corrected chi connectivity index (χ0v) is 15.6. The second-order valence-electron chi connectivity index (χ2n) is 6.67. The Labute approximate surface area is 157 Å². The fourth-order valence-corrected chi connectivity index (χ4v) is 4.31. The molecule has 0 saturated carbocycles. The topological polar surface area (TPSA) is 97.7 Å². The standard InChI is InChI=1S/C20H20O6S/c1-13(21)14(12-27(23,24)25)10-20(22)26-11-19-17-8-4-2-6-15(17)16-7-3-5-9-18(16)19/h2-9,14,19H,10-12H2,1H3,(H,23,24,25)/t14-/m0/s1. The number of ketones is 1. The summed E-state index contributed by atoms with van der Waals surface area (Å²) in [5.74, 6) is -3.16. The van der Waals surface area contributed by atoms with Gasteiger partial charge in [-0.25, -0.2) is 0 Å². The van der Waals surface area contributed by atoms with E-state index in [4.69, 9.17) is 9.29 Å². The lowest BCUT2D eigenvalue weighted by atomic mass is 9.98. The molecule has 0 aliphatic heterocycles. The average molecular weight is 388 g/mol. The first-order chi connectivity index (χ1) is 12.8. The Hall–Kier alpha value is -2.51. The van der Waals surface area contributed by atoms with Crippen molar-refractivity contribution in [3.8, 4) is 11.1 Å². The number of hydrogen-bond acceptors (Lipinski definition) is 5.